The second-order valence-electron chi connectivity index (χ2n) is 7.35. The summed E-state index contributed by atoms with van der Waals surface area (Å²) in [6.07, 6.45) is 2.17. The Morgan fingerprint density at radius 2 is 1.79 bits per heavy atom. The fourth-order valence-electron chi connectivity index (χ4n) is 1.95. The topological polar surface area (TPSA) is 24.9 Å². The van der Waals surface area contributed by atoms with Crippen molar-refractivity contribution < 1.29 is 0 Å². The van der Waals surface area contributed by atoms with E-state index in [1.807, 2.05) is 11.3 Å². The molecular weight excluding hydrogens is 252 g/mol. The molecule has 1 aromatic rings. The standard InChI is InChI=1S/C16H30N2S/c1-11(2)8-13-14(10-17-12(3)4)19-15(18-13)9-16(5,6)7/h11-12,17H,8-10H2,1-7H3. The largest absolute Gasteiger partial charge is 0.310 e. The number of thiazole rings is 1. The second-order valence-corrected chi connectivity index (χ2v) is 8.52. The Balaban J connectivity index is 2.85. The van der Waals surface area contributed by atoms with Crippen molar-refractivity contribution in [1.82, 2.24) is 10.3 Å². The third-order valence-corrected chi connectivity index (χ3v) is 3.87. The summed E-state index contributed by atoms with van der Waals surface area (Å²) in [6.45, 7) is 16.7. The predicted molar refractivity (Wildman–Crippen MR) is 85.8 cm³/mol. The zero-order valence-corrected chi connectivity index (χ0v) is 14.4. The van der Waals surface area contributed by atoms with Crippen LogP contribution in [0.4, 0.5) is 0 Å². The maximum atomic E-state index is 4.89. The lowest BCUT2D eigenvalue weighted by Gasteiger charge is -2.15. The maximum Gasteiger partial charge on any atom is 0.0936 e. The fourth-order valence-corrected chi connectivity index (χ4v) is 3.29. The average molecular weight is 282 g/mol. The first-order valence-electron chi connectivity index (χ1n) is 7.38. The Morgan fingerprint density at radius 1 is 1.16 bits per heavy atom. The van der Waals surface area contributed by atoms with Gasteiger partial charge in [-0.3, -0.25) is 0 Å². The van der Waals surface area contributed by atoms with Crippen molar-refractivity contribution >= 4 is 11.3 Å². The van der Waals surface area contributed by atoms with Gasteiger partial charge in [-0.25, -0.2) is 4.98 Å². The van der Waals surface area contributed by atoms with E-state index in [1.165, 1.54) is 15.6 Å². The number of rotatable bonds is 6. The molecule has 0 fully saturated rings. The van der Waals surface area contributed by atoms with Gasteiger partial charge in [-0.2, -0.15) is 0 Å². The maximum absolute atomic E-state index is 4.89. The first kappa shape index (κ1) is 16.6. The van der Waals surface area contributed by atoms with E-state index in [-0.39, 0.29) is 0 Å². The molecule has 0 aliphatic rings. The van der Waals surface area contributed by atoms with Gasteiger partial charge in [0.25, 0.3) is 0 Å². The summed E-state index contributed by atoms with van der Waals surface area (Å²) in [5.74, 6) is 0.669. The predicted octanol–water partition coefficient (Wildman–Crippen LogP) is 4.43. The Kier molecular flexibility index (Phi) is 6.00. The lowest BCUT2D eigenvalue weighted by molar-refractivity contribution is 0.410. The highest BCUT2D eigenvalue weighted by molar-refractivity contribution is 7.11. The van der Waals surface area contributed by atoms with Crippen LogP contribution in [0.2, 0.25) is 0 Å². The summed E-state index contributed by atoms with van der Waals surface area (Å²) in [4.78, 5) is 6.32. The van der Waals surface area contributed by atoms with Crippen LogP contribution in [0.1, 0.15) is 64.0 Å². The van der Waals surface area contributed by atoms with Gasteiger partial charge in [0.05, 0.1) is 10.7 Å². The van der Waals surface area contributed by atoms with Crippen molar-refractivity contribution in [3.05, 3.63) is 15.6 Å². The molecule has 0 aliphatic heterocycles. The van der Waals surface area contributed by atoms with Gasteiger partial charge in [0.2, 0.25) is 0 Å². The molecule has 0 atom stereocenters. The Bertz CT molecular complexity index is 386. The van der Waals surface area contributed by atoms with Crippen molar-refractivity contribution in [2.75, 3.05) is 0 Å². The van der Waals surface area contributed by atoms with E-state index in [1.54, 1.807) is 0 Å². The summed E-state index contributed by atoms with van der Waals surface area (Å²) in [5.41, 5.74) is 1.63. The highest BCUT2D eigenvalue weighted by Crippen LogP contribution is 2.27. The van der Waals surface area contributed by atoms with Crippen molar-refractivity contribution in [3.8, 4) is 0 Å². The van der Waals surface area contributed by atoms with Crippen molar-refractivity contribution in [2.24, 2.45) is 11.3 Å². The van der Waals surface area contributed by atoms with Crippen molar-refractivity contribution in [1.29, 1.82) is 0 Å². The molecule has 19 heavy (non-hydrogen) atoms. The molecule has 1 rings (SSSR count). The smallest absolute Gasteiger partial charge is 0.0936 e. The zero-order chi connectivity index (χ0) is 14.6. The van der Waals surface area contributed by atoms with E-state index in [4.69, 9.17) is 4.98 Å². The first-order chi connectivity index (χ1) is 8.67. The lowest BCUT2D eigenvalue weighted by atomic mass is 9.93. The average Bonchev–Trinajstić information content (AvgIpc) is 2.53. The molecule has 0 radical (unpaired) electrons. The minimum Gasteiger partial charge on any atom is -0.310 e. The van der Waals surface area contributed by atoms with Gasteiger partial charge in [0.15, 0.2) is 0 Å². The molecule has 0 bridgehead atoms. The first-order valence-corrected chi connectivity index (χ1v) is 8.20. The number of nitrogens with one attached hydrogen (secondary N) is 1. The van der Waals surface area contributed by atoms with E-state index >= 15 is 0 Å². The molecule has 2 nitrogen and oxygen atoms in total. The van der Waals surface area contributed by atoms with E-state index < -0.39 is 0 Å². The lowest BCUT2D eigenvalue weighted by Crippen LogP contribution is -2.22. The van der Waals surface area contributed by atoms with Gasteiger partial charge in [-0.05, 0) is 17.8 Å². The Labute approximate surface area is 123 Å². The normalized spacial score (nSPS) is 12.7. The minimum absolute atomic E-state index is 0.315. The van der Waals surface area contributed by atoms with E-state index in [0.717, 1.165) is 19.4 Å². The molecule has 1 N–H and O–H groups in total. The number of nitrogens with zero attached hydrogens (tertiary/aromatic N) is 1. The van der Waals surface area contributed by atoms with Crippen molar-refractivity contribution in [2.45, 2.75) is 73.9 Å². The summed E-state index contributed by atoms with van der Waals surface area (Å²) in [5, 5.41) is 4.82. The quantitative estimate of drug-likeness (QED) is 0.835. The van der Waals surface area contributed by atoms with E-state index in [0.29, 0.717) is 17.4 Å². The van der Waals surface area contributed by atoms with E-state index in [9.17, 15) is 0 Å². The summed E-state index contributed by atoms with van der Waals surface area (Å²) in [6, 6.07) is 0.528. The van der Waals surface area contributed by atoms with Crippen molar-refractivity contribution in [3.63, 3.8) is 0 Å². The molecule has 1 aromatic heterocycles. The molecule has 110 valence electrons. The van der Waals surface area contributed by atoms with E-state index in [2.05, 4.69) is 53.8 Å². The summed E-state index contributed by atoms with van der Waals surface area (Å²) >= 11 is 1.90. The number of hydrogen-bond donors (Lipinski definition) is 1. The van der Waals surface area contributed by atoms with Crippen LogP contribution < -0.4 is 5.32 Å². The number of aromatic nitrogens is 1. The van der Waals surface area contributed by atoms with Crippen LogP contribution in [0, 0.1) is 11.3 Å². The Hall–Kier alpha value is -0.410. The van der Waals surface area contributed by atoms with Crippen LogP contribution >= 0.6 is 11.3 Å². The van der Waals surface area contributed by atoms with Crippen LogP contribution in [0.15, 0.2) is 0 Å². The third kappa shape index (κ3) is 6.53. The van der Waals surface area contributed by atoms with Gasteiger partial charge in [-0.15, -0.1) is 11.3 Å². The van der Waals surface area contributed by atoms with Crippen LogP contribution in [-0.4, -0.2) is 11.0 Å². The zero-order valence-electron chi connectivity index (χ0n) is 13.6. The van der Waals surface area contributed by atoms with Gasteiger partial charge in [-0.1, -0.05) is 48.5 Å². The molecule has 1 heterocycles. The monoisotopic (exact) mass is 282 g/mol. The highest BCUT2D eigenvalue weighted by Gasteiger charge is 2.18. The highest BCUT2D eigenvalue weighted by atomic mass is 32.1. The molecule has 3 heteroatoms. The molecule has 0 aliphatic carbocycles. The van der Waals surface area contributed by atoms with Gasteiger partial charge in [0, 0.05) is 23.9 Å². The molecule has 0 aromatic carbocycles. The van der Waals surface area contributed by atoms with Crippen LogP contribution in [0.5, 0.6) is 0 Å². The van der Waals surface area contributed by atoms with Crippen LogP contribution in [-0.2, 0) is 19.4 Å². The Morgan fingerprint density at radius 3 is 2.26 bits per heavy atom. The molecule has 0 amide bonds. The SMILES string of the molecule is CC(C)Cc1nc(CC(C)(C)C)sc1CNC(C)C. The minimum atomic E-state index is 0.315. The summed E-state index contributed by atoms with van der Waals surface area (Å²) in [7, 11) is 0. The summed E-state index contributed by atoms with van der Waals surface area (Å²) < 4.78 is 0. The van der Waals surface area contributed by atoms with Gasteiger partial charge in [0.1, 0.15) is 0 Å². The van der Waals surface area contributed by atoms with Gasteiger partial charge < -0.3 is 5.32 Å². The van der Waals surface area contributed by atoms with Gasteiger partial charge >= 0.3 is 0 Å². The molecular formula is C16H30N2S. The molecule has 0 spiro atoms. The fraction of sp³-hybridized carbons (Fsp3) is 0.812. The third-order valence-electron chi connectivity index (χ3n) is 2.78. The van der Waals surface area contributed by atoms with Crippen LogP contribution in [0.3, 0.4) is 0 Å². The molecule has 0 unspecified atom stereocenters. The second kappa shape index (κ2) is 6.85. The van der Waals surface area contributed by atoms with Crippen LogP contribution in [0.25, 0.3) is 0 Å². The molecule has 0 saturated carbocycles. The number of hydrogen-bond acceptors (Lipinski definition) is 3. The molecule has 0 saturated heterocycles.